The molecule has 0 fully saturated rings. The molecule has 0 unspecified atom stereocenters. The molecule has 126 valence electrons. The van der Waals surface area contributed by atoms with E-state index in [1.54, 1.807) is 30.5 Å². The van der Waals surface area contributed by atoms with Crippen LogP contribution >= 0.6 is 0 Å². The lowest BCUT2D eigenvalue weighted by Crippen LogP contribution is -2.31. The maximum absolute atomic E-state index is 12.7. The molecule has 0 aromatic carbocycles. The molecule has 0 spiro atoms. The molecule has 0 aliphatic carbocycles. The van der Waals surface area contributed by atoms with Crippen LogP contribution < -0.4 is 0 Å². The Labute approximate surface area is 136 Å². The van der Waals surface area contributed by atoms with Gasteiger partial charge in [0.25, 0.3) is 5.91 Å². The highest BCUT2D eigenvalue weighted by molar-refractivity contribution is 7.89. The number of sulfonamides is 1. The Bertz CT molecular complexity index is 776. The molecular weight excluding hydrogens is 318 g/mol. The number of aromatic nitrogens is 1. The van der Waals surface area contributed by atoms with Crippen molar-refractivity contribution in [3.05, 3.63) is 42.1 Å². The lowest BCUT2D eigenvalue weighted by Gasteiger charge is -2.20. The van der Waals surface area contributed by atoms with Crippen molar-refractivity contribution in [1.82, 2.24) is 13.8 Å². The fourth-order valence-corrected chi connectivity index (χ4v) is 3.16. The Morgan fingerprint density at radius 3 is 2.57 bits per heavy atom. The second-order valence-electron chi connectivity index (χ2n) is 5.41. The van der Waals surface area contributed by atoms with Gasteiger partial charge in [-0.2, -0.15) is 0 Å². The first-order chi connectivity index (χ1) is 10.8. The molecule has 0 aliphatic rings. The highest BCUT2D eigenvalue weighted by Gasteiger charge is 2.24. The van der Waals surface area contributed by atoms with Crippen molar-refractivity contribution in [3.8, 4) is 0 Å². The summed E-state index contributed by atoms with van der Waals surface area (Å²) >= 11 is 0. The smallest absolute Gasteiger partial charge is 0.270 e. The van der Waals surface area contributed by atoms with E-state index in [1.165, 1.54) is 30.9 Å². The quantitative estimate of drug-likeness (QED) is 0.800. The molecule has 0 N–H and O–H groups in total. The molecular formula is C15H21N3O4S. The fraction of sp³-hybridized carbons (Fsp3) is 0.400. The van der Waals surface area contributed by atoms with Crippen LogP contribution in [0.1, 0.15) is 23.0 Å². The van der Waals surface area contributed by atoms with Gasteiger partial charge < -0.3 is 13.9 Å². The van der Waals surface area contributed by atoms with Crippen molar-refractivity contribution in [2.75, 3.05) is 20.6 Å². The molecule has 7 nitrogen and oxygen atoms in total. The van der Waals surface area contributed by atoms with E-state index in [9.17, 15) is 13.2 Å². The largest absolute Gasteiger partial charge is 0.472 e. The van der Waals surface area contributed by atoms with Gasteiger partial charge >= 0.3 is 0 Å². The summed E-state index contributed by atoms with van der Waals surface area (Å²) in [5, 5.41) is 0. The first-order valence-electron chi connectivity index (χ1n) is 7.16. The second-order valence-corrected chi connectivity index (χ2v) is 7.56. The number of aryl methyl sites for hydroxylation is 1. The number of rotatable bonds is 6. The van der Waals surface area contributed by atoms with Gasteiger partial charge in [-0.15, -0.1) is 0 Å². The normalized spacial score (nSPS) is 11.9. The molecule has 1 amide bonds. The highest BCUT2D eigenvalue weighted by Crippen LogP contribution is 2.18. The Kier molecular flexibility index (Phi) is 4.96. The first-order valence-corrected chi connectivity index (χ1v) is 8.60. The maximum Gasteiger partial charge on any atom is 0.270 e. The molecule has 0 saturated carbocycles. The third-order valence-corrected chi connectivity index (χ3v) is 5.38. The minimum absolute atomic E-state index is 0.104. The monoisotopic (exact) mass is 339 g/mol. The summed E-state index contributed by atoms with van der Waals surface area (Å²) in [5.74, 6) is -0.226. The second kappa shape index (κ2) is 6.59. The molecule has 2 aromatic heterocycles. The third-order valence-electron chi connectivity index (χ3n) is 3.60. The number of nitrogens with zero attached hydrogens (tertiary/aromatic N) is 3. The summed E-state index contributed by atoms with van der Waals surface area (Å²) < 4.78 is 32.1. The summed E-state index contributed by atoms with van der Waals surface area (Å²) in [6.07, 6.45) is 4.59. The lowest BCUT2D eigenvalue weighted by atomic mass is 10.3. The highest BCUT2D eigenvalue weighted by atomic mass is 32.2. The van der Waals surface area contributed by atoms with Crippen LogP contribution in [-0.4, -0.2) is 48.7 Å². The van der Waals surface area contributed by atoms with E-state index >= 15 is 0 Å². The summed E-state index contributed by atoms with van der Waals surface area (Å²) in [5.41, 5.74) is 1.21. The molecule has 2 rings (SSSR count). The van der Waals surface area contributed by atoms with Crippen LogP contribution in [0.2, 0.25) is 0 Å². The van der Waals surface area contributed by atoms with E-state index in [1.807, 2.05) is 6.92 Å². The van der Waals surface area contributed by atoms with Crippen molar-refractivity contribution in [3.63, 3.8) is 0 Å². The average molecular weight is 339 g/mol. The van der Waals surface area contributed by atoms with Crippen molar-refractivity contribution < 1.29 is 17.6 Å². The molecule has 0 atom stereocenters. The number of furan rings is 1. The zero-order valence-corrected chi connectivity index (χ0v) is 14.5. The van der Waals surface area contributed by atoms with Gasteiger partial charge in [-0.25, -0.2) is 12.7 Å². The van der Waals surface area contributed by atoms with Crippen LogP contribution in [0.3, 0.4) is 0 Å². The number of carbonyl (C=O) groups is 1. The van der Waals surface area contributed by atoms with E-state index in [0.29, 0.717) is 18.8 Å². The molecule has 0 bridgehead atoms. The van der Waals surface area contributed by atoms with Crippen LogP contribution in [0.25, 0.3) is 0 Å². The summed E-state index contributed by atoms with van der Waals surface area (Å²) in [6, 6.07) is 3.21. The van der Waals surface area contributed by atoms with Gasteiger partial charge in [0, 0.05) is 46.0 Å². The van der Waals surface area contributed by atoms with Gasteiger partial charge in [-0.05, 0) is 19.1 Å². The molecule has 2 heterocycles. The van der Waals surface area contributed by atoms with Crippen LogP contribution in [0.15, 0.2) is 40.2 Å². The SMILES string of the molecule is CCN(Cc1ccoc1)C(=O)c1cc(S(=O)(=O)N(C)C)cn1C. The van der Waals surface area contributed by atoms with Gasteiger partial charge in [-0.3, -0.25) is 4.79 Å². The number of hydrogen-bond donors (Lipinski definition) is 0. The number of amides is 1. The first kappa shape index (κ1) is 17.3. The summed E-state index contributed by atoms with van der Waals surface area (Å²) in [7, 11) is 1.01. The Balaban J connectivity index is 2.30. The number of hydrogen-bond acceptors (Lipinski definition) is 4. The molecule has 2 aromatic rings. The molecule has 0 saturated heterocycles. The molecule has 23 heavy (non-hydrogen) atoms. The van der Waals surface area contributed by atoms with Gasteiger partial charge in [0.15, 0.2) is 0 Å². The van der Waals surface area contributed by atoms with Gasteiger partial charge in [0.1, 0.15) is 10.6 Å². The number of carbonyl (C=O) groups excluding carboxylic acids is 1. The molecule has 0 aliphatic heterocycles. The van der Waals surface area contributed by atoms with Crippen LogP contribution in [0.5, 0.6) is 0 Å². The lowest BCUT2D eigenvalue weighted by molar-refractivity contribution is 0.0742. The van der Waals surface area contributed by atoms with Crippen molar-refractivity contribution in [1.29, 1.82) is 0 Å². The zero-order chi connectivity index (χ0) is 17.2. The topological polar surface area (TPSA) is 75.8 Å². The summed E-state index contributed by atoms with van der Waals surface area (Å²) in [4.78, 5) is 14.4. The van der Waals surface area contributed by atoms with E-state index in [4.69, 9.17) is 4.42 Å². The average Bonchev–Trinajstić information content (AvgIpc) is 3.13. The standard InChI is InChI=1S/C15H21N3O4S/c1-5-18(9-12-6-7-22-11-12)15(19)14-8-13(10-17(14)4)23(20,21)16(2)3/h6-8,10-11H,5,9H2,1-4H3. The Morgan fingerprint density at radius 1 is 1.35 bits per heavy atom. The van der Waals surface area contributed by atoms with Gasteiger partial charge in [-0.1, -0.05) is 0 Å². The van der Waals surface area contributed by atoms with Crippen molar-refractivity contribution in [2.24, 2.45) is 7.05 Å². The molecule has 0 radical (unpaired) electrons. The predicted octanol–water partition coefficient (Wildman–Crippen LogP) is 1.53. The fourth-order valence-electron chi connectivity index (χ4n) is 2.19. The van der Waals surface area contributed by atoms with Gasteiger partial charge in [0.05, 0.1) is 12.5 Å². The van der Waals surface area contributed by atoms with E-state index in [0.717, 1.165) is 9.87 Å². The van der Waals surface area contributed by atoms with Crippen molar-refractivity contribution >= 4 is 15.9 Å². The maximum atomic E-state index is 12.7. The van der Waals surface area contributed by atoms with Crippen LogP contribution in [-0.2, 0) is 23.6 Å². The van der Waals surface area contributed by atoms with Crippen molar-refractivity contribution in [2.45, 2.75) is 18.4 Å². The minimum atomic E-state index is -3.57. The zero-order valence-electron chi connectivity index (χ0n) is 13.7. The van der Waals surface area contributed by atoms with Crippen LogP contribution in [0.4, 0.5) is 0 Å². The van der Waals surface area contributed by atoms with Crippen LogP contribution in [0, 0.1) is 0 Å². The van der Waals surface area contributed by atoms with E-state index < -0.39 is 10.0 Å². The Morgan fingerprint density at radius 2 is 2.04 bits per heavy atom. The molecule has 8 heteroatoms. The third kappa shape index (κ3) is 3.48. The minimum Gasteiger partial charge on any atom is -0.472 e. The van der Waals surface area contributed by atoms with Gasteiger partial charge in [0.2, 0.25) is 10.0 Å². The predicted molar refractivity (Wildman–Crippen MR) is 85.4 cm³/mol. The van der Waals surface area contributed by atoms with E-state index in [-0.39, 0.29) is 10.8 Å². The Hall–Kier alpha value is -2.06. The summed E-state index contributed by atoms with van der Waals surface area (Å²) in [6.45, 7) is 2.79. The van der Waals surface area contributed by atoms with E-state index in [2.05, 4.69) is 0 Å².